The molecule has 5 rings (SSSR count). The molecule has 172 valence electrons. The number of aromatic carboxylic acids is 1. The number of aryl methyl sites for hydroxylation is 2. The number of pyridine rings is 1. The summed E-state index contributed by atoms with van der Waals surface area (Å²) in [5.74, 6) is -0.305. The first-order valence-corrected chi connectivity index (χ1v) is 11.3. The van der Waals surface area contributed by atoms with Crippen LogP contribution in [0.25, 0.3) is 10.9 Å². The lowest BCUT2D eigenvalue weighted by Crippen LogP contribution is -2.18. The molecule has 0 unspecified atom stereocenters. The van der Waals surface area contributed by atoms with Crippen molar-refractivity contribution < 1.29 is 14.3 Å². The number of halogens is 1. The molecule has 1 atom stereocenters. The molecule has 1 aliphatic heterocycles. The Morgan fingerprint density at radius 3 is 2.62 bits per heavy atom. The highest BCUT2D eigenvalue weighted by atomic mass is 19.1. The van der Waals surface area contributed by atoms with Crippen LogP contribution in [0, 0.1) is 19.7 Å². The van der Waals surface area contributed by atoms with E-state index in [2.05, 4.69) is 42.3 Å². The number of rotatable bonds is 5. The van der Waals surface area contributed by atoms with Crippen LogP contribution >= 0.6 is 0 Å². The van der Waals surface area contributed by atoms with Crippen LogP contribution in [0.1, 0.15) is 51.1 Å². The van der Waals surface area contributed by atoms with Gasteiger partial charge in [-0.2, -0.15) is 0 Å². The van der Waals surface area contributed by atoms with Crippen molar-refractivity contribution in [2.45, 2.75) is 39.9 Å². The summed E-state index contributed by atoms with van der Waals surface area (Å²) in [7, 11) is 0. The van der Waals surface area contributed by atoms with Crippen molar-refractivity contribution in [3.63, 3.8) is 0 Å². The number of hydrogen-bond donors (Lipinski definition) is 2. The fourth-order valence-electron chi connectivity index (χ4n) is 4.84. The maximum Gasteiger partial charge on any atom is 0.337 e. The minimum Gasteiger partial charge on any atom is -0.478 e. The van der Waals surface area contributed by atoms with E-state index in [1.54, 1.807) is 24.3 Å². The number of aromatic nitrogens is 1. The molecule has 34 heavy (non-hydrogen) atoms. The third-order valence-electron chi connectivity index (χ3n) is 6.44. The molecular weight excluding hydrogens is 429 g/mol. The van der Waals surface area contributed by atoms with Gasteiger partial charge in [-0.3, -0.25) is 0 Å². The minimum absolute atomic E-state index is 0.171. The molecule has 1 aromatic heterocycles. The number of nitrogens with zero attached hydrogens (tertiary/aromatic N) is 2. The molecule has 0 aliphatic carbocycles. The Hall–Kier alpha value is -3.93. The van der Waals surface area contributed by atoms with E-state index in [0.29, 0.717) is 18.8 Å². The zero-order valence-corrected chi connectivity index (χ0v) is 19.4. The molecule has 4 aromatic rings. The van der Waals surface area contributed by atoms with E-state index in [-0.39, 0.29) is 17.4 Å². The molecular formula is C28H26FN3O2. The summed E-state index contributed by atoms with van der Waals surface area (Å²) in [6, 6.07) is 18.1. The van der Waals surface area contributed by atoms with Gasteiger partial charge in [0.1, 0.15) is 11.6 Å². The number of fused-ring (bicyclic) bond motifs is 2. The molecule has 0 saturated heterocycles. The molecule has 0 fully saturated rings. The first-order chi connectivity index (χ1) is 16.3. The lowest BCUT2D eigenvalue weighted by molar-refractivity contribution is 0.0698. The van der Waals surface area contributed by atoms with E-state index in [4.69, 9.17) is 4.98 Å². The quantitative estimate of drug-likeness (QED) is 0.365. The van der Waals surface area contributed by atoms with Gasteiger partial charge >= 0.3 is 5.97 Å². The number of carboxylic acid groups (broad SMARTS) is 1. The Bertz CT molecular complexity index is 1430. The minimum atomic E-state index is -0.967. The largest absolute Gasteiger partial charge is 0.478 e. The van der Waals surface area contributed by atoms with Gasteiger partial charge < -0.3 is 15.3 Å². The van der Waals surface area contributed by atoms with E-state index >= 15 is 0 Å². The molecule has 0 radical (unpaired) electrons. The summed E-state index contributed by atoms with van der Waals surface area (Å²) in [5, 5.41) is 14.0. The smallest absolute Gasteiger partial charge is 0.337 e. The number of hydrogen-bond acceptors (Lipinski definition) is 4. The topological polar surface area (TPSA) is 65.5 Å². The molecule has 1 aliphatic rings. The normalized spacial score (nSPS) is 13.7. The fourth-order valence-corrected chi connectivity index (χ4v) is 4.84. The highest BCUT2D eigenvalue weighted by molar-refractivity contribution is 5.94. The molecule has 5 nitrogen and oxygen atoms in total. The highest BCUT2D eigenvalue weighted by Crippen LogP contribution is 2.34. The van der Waals surface area contributed by atoms with Crippen LogP contribution in [0.2, 0.25) is 0 Å². The predicted molar refractivity (Wildman–Crippen MR) is 133 cm³/mol. The maximum absolute atomic E-state index is 13.7. The first-order valence-electron chi connectivity index (χ1n) is 11.3. The number of anilines is 2. The summed E-state index contributed by atoms with van der Waals surface area (Å²) in [4.78, 5) is 18.9. The average Bonchev–Trinajstić information content (AvgIpc) is 3.21. The molecule has 2 N–H and O–H groups in total. The van der Waals surface area contributed by atoms with Crippen LogP contribution in [0.3, 0.4) is 0 Å². The van der Waals surface area contributed by atoms with Crippen molar-refractivity contribution in [3.05, 3.63) is 99.9 Å². The second-order valence-electron chi connectivity index (χ2n) is 9.04. The Morgan fingerprint density at radius 1 is 1.06 bits per heavy atom. The van der Waals surface area contributed by atoms with Gasteiger partial charge in [-0.15, -0.1) is 0 Å². The monoisotopic (exact) mass is 455 g/mol. The second kappa shape index (κ2) is 8.45. The van der Waals surface area contributed by atoms with Crippen LogP contribution in [-0.4, -0.2) is 16.1 Å². The van der Waals surface area contributed by atoms with Gasteiger partial charge in [-0.05, 0) is 73.9 Å². The van der Waals surface area contributed by atoms with Gasteiger partial charge in [0.2, 0.25) is 0 Å². The third kappa shape index (κ3) is 3.96. The van der Waals surface area contributed by atoms with Crippen molar-refractivity contribution in [2.24, 2.45) is 0 Å². The number of para-hydroxylation sites is 1. The SMILES string of the molecule is Cc1cc([C@H](C)Nc2ccccc2C(=O)O)c2nc(N3Cc4ccc(F)cc4C3)c(C)cc2c1. The maximum atomic E-state index is 13.7. The van der Waals surface area contributed by atoms with Gasteiger partial charge in [-0.1, -0.05) is 29.8 Å². The van der Waals surface area contributed by atoms with E-state index < -0.39 is 5.97 Å². The summed E-state index contributed by atoms with van der Waals surface area (Å²) in [6.07, 6.45) is 0. The summed E-state index contributed by atoms with van der Waals surface area (Å²) in [5.41, 5.74) is 6.97. The molecule has 0 bridgehead atoms. The Labute approximate surface area is 197 Å². The van der Waals surface area contributed by atoms with Gasteiger partial charge in [0.25, 0.3) is 0 Å². The van der Waals surface area contributed by atoms with E-state index in [1.165, 1.54) is 6.07 Å². The van der Waals surface area contributed by atoms with Gasteiger partial charge in [0, 0.05) is 29.7 Å². The van der Waals surface area contributed by atoms with Crippen molar-refractivity contribution in [2.75, 3.05) is 10.2 Å². The van der Waals surface area contributed by atoms with Crippen molar-refractivity contribution in [1.82, 2.24) is 4.98 Å². The Kier molecular flexibility index (Phi) is 5.44. The number of carboxylic acids is 1. The third-order valence-corrected chi connectivity index (χ3v) is 6.44. The number of benzene rings is 3. The van der Waals surface area contributed by atoms with E-state index in [9.17, 15) is 14.3 Å². The summed E-state index contributed by atoms with van der Waals surface area (Å²) < 4.78 is 13.7. The van der Waals surface area contributed by atoms with Crippen LogP contribution in [0.4, 0.5) is 15.9 Å². The average molecular weight is 456 g/mol. The molecule has 0 saturated carbocycles. The molecule has 3 aromatic carbocycles. The standard InChI is InChI=1S/C28H26FN3O2/c1-16-10-20-12-17(2)27(32-14-19-8-9-22(29)13-21(19)15-32)31-26(20)24(11-16)18(3)30-25-7-5-4-6-23(25)28(33)34/h4-13,18,30H,14-15H2,1-3H3,(H,33,34)/t18-/m0/s1. The number of carbonyl (C=O) groups is 1. The van der Waals surface area contributed by atoms with Crippen LogP contribution < -0.4 is 10.2 Å². The van der Waals surface area contributed by atoms with Gasteiger partial charge in [0.05, 0.1) is 17.1 Å². The van der Waals surface area contributed by atoms with Crippen LogP contribution in [-0.2, 0) is 13.1 Å². The Balaban J connectivity index is 1.55. The van der Waals surface area contributed by atoms with Crippen molar-refractivity contribution in [3.8, 4) is 0 Å². The first kappa shape index (κ1) is 21.9. The predicted octanol–water partition coefficient (Wildman–Crippen LogP) is 6.38. The summed E-state index contributed by atoms with van der Waals surface area (Å²) >= 11 is 0. The van der Waals surface area contributed by atoms with Crippen molar-refractivity contribution >= 4 is 28.4 Å². The number of nitrogens with one attached hydrogen (secondary N) is 1. The van der Waals surface area contributed by atoms with E-state index in [0.717, 1.165) is 44.5 Å². The zero-order valence-electron chi connectivity index (χ0n) is 19.4. The van der Waals surface area contributed by atoms with Gasteiger partial charge in [-0.25, -0.2) is 14.2 Å². The Morgan fingerprint density at radius 2 is 1.82 bits per heavy atom. The van der Waals surface area contributed by atoms with Crippen molar-refractivity contribution in [1.29, 1.82) is 0 Å². The van der Waals surface area contributed by atoms with E-state index in [1.807, 2.05) is 19.1 Å². The second-order valence-corrected chi connectivity index (χ2v) is 9.04. The molecule has 0 spiro atoms. The molecule has 2 heterocycles. The van der Waals surface area contributed by atoms with Crippen LogP contribution in [0.5, 0.6) is 0 Å². The highest BCUT2D eigenvalue weighted by Gasteiger charge is 2.23. The lowest BCUT2D eigenvalue weighted by atomic mass is 9.99. The summed E-state index contributed by atoms with van der Waals surface area (Å²) in [6.45, 7) is 7.43. The van der Waals surface area contributed by atoms with Crippen LogP contribution in [0.15, 0.2) is 60.7 Å². The zero-order chi connectivity index (χ0) is 24.0. The fraction of sp³-hybridized carbons (Fsp3) is 0.214. The molecule has 6 heteroatoms. The lowest BCUT2D eigenvalue weighted by Gasteiger charge is -2.23. The van der Waals surface area contributed by atoms with Gasteiger partial charge in [0.15, 0.2) is 0 Å². The molecule has 0 amide bonds.